The molecule has 1 aromatic heterocycles. The first-order chi connectivity index (χ1) is 16.3. The van der Waals surface area contributed by atoms with E-state index in [4.69, 9.17) is 4.98 Å². The zero-order valence-electron chi connectivity index (χ0n) is 19.7. The van der Waals surface area contributed by atoms with Crippen LogP contribution in [0.3, 0.4) is 0 Å². The molecule has 0 bridgehead atoms. The Morgan fingerprint density at radius 1 is 1.09 bits per heavy atom. The minimum Gasteiger partial charge on any atom is -0.302 e. The van der Waals surface area contributed by atoms with E-state index in [1.807, 2.05) is 18.4 Å². The number of thiazole rings is 1. The first-order valence-electron chi connectivity index (χ1n) is 11.2. The molecule has 1 amide bonds. The summed E-state index contributed by atoms with van der Waals surface area (Å²) in [5.74, 6) is -0.811. The van der Waals surface area contributed by atoms with Gasteiger partial charge in [-0.15, -0.1) is 11.8 Å². The van der Waals surface area contributed by atoms with Crippen LogP contribution in [0.15, 0.2) is 52.3 Å². The molecule has 0 unspecified atom stereocenters. The molecule has 3 rings (SSSR count). The third-order valence-electron chi connectivity index (χ3n) is 5.63. The predicted octanol–water partition coefficient (Wildman–Crippen LogP) is 5.09. The van der Waals surface area contributed by atoms with Gasteiger partial charge in [0.25, 0.3) is 0 Å². The lowest BCUT2D eigenvalue weighted by atomic mass is 10.3. The Labute approximate surface area is 209 Å². The average molecular weight is 524 g/mol. The molecule has 0 N–H and O–H groups in total. The number of rotatable bonds is 12. The van der Waals surface area contributed by atoms with E-state index in [1.54, 1.807) is 16.7 Å². The summed E-state index contributed by atoms with van der Waals surface area (Å²) < 4.78 is 39.3. The highest BCUT2D eigenvalue weighted by Crippen LogP contribution is 2.32. The van der Waals surface area contributed by atoms with Crippen molar-refractivity contribution in [3.8, 4) is 0 Å². The Morgan fingerprint density at radius 2 is 1.79 bits per heavy atom. The number of fused-ring (bicyclic) bond motifs is 1. The fourth-order valence-electron chi connectivity index (χ4n) is 3.55. The van der Waals surface area contributed by atoms with Gasteiger partial charge in [0, 0.05) is 24.4 Å². The number of hydrogen-bond donors (Lipinski definition) is 0. The summed E-state index contributed by atoms with van der Waals surface area (Å²) in [4.78, 5) is 23.0. The van der Waals surface area contributed by atoms with Crippen LogP contribution in [0.25, 0.3) is 10.2 Å². The maximum Gasteiger partial charge on any atom is 0.228 e. The minimum atomic E-state index is -3.59. The fraction of sp³-hybridized carbons (Fsp3) is 0.417. The summed E-state index contributed by atoms with van der Waals surface area (Å²) >= 11 is 3.13. The Hall–Kier alpha value is -2.01. The number of halogens is 1. The molecule has 0 radical (unpaired) electrons. The molecule has 6 nitrogen and oxygen atoms in total. The second kappa shape index (κ2) is 12.1. The second-order valence-corrected chi connectivity index (χ2v) is 11.8. The van der Waals surface area contributed by atoms with Crippen LogP contribution in [0.1, 0.15) is 26.7 Å². The van der Waals surface area contributed by atoms with Gasteiger partial charge in [-0.1, -0.05) is 25.2 Å². The maximum atomic E-state index is 13.2. The van der Waals surface area contributed by atoms with Crippen LogP contribution in [0.4, 0.5) is 9.52 Å². The van der Waals surface area contributed by atoms with Gasteiger partial charge in [0.15, 0.2) is 15.0 Å². The Balaban J connectivity index is 1.74. The number of thioether (sulfide) groups is 1. The van der Waals surface area contributed by atoms with Crippen molar-refractivity contribution in [2.45, 2.75) is 36.5 Å². The molecule has 0 aliphatic rings. The zero-order valence-corrected chi connectivity index (χ0v) is 22.1. The number of nitrogens with zero attached hydrogens (tertiary/aromatic N) is 3. The number of carbonyl (C=O) groups excluding carboxylic acids is 1. The summed E-state index contributed by atoms with van der Waals surface area (Å²) in [6.07, 6.45) is 2.29. The average Bonchev–Trinajstić information content (AvgIpc) is 3.24. The lowest BCUT2D eigenvalue weighted by Gasteiger charge is -2.24. The molecule has 0 atom stereocenters. The molecule has 3 aromatic rings. The molecular formula is C24H30FN3O3S3. The van der Waals surface area contributed by atoms with Crippen LogP contribution in [-0.4, -0.2) is 62.4 Å². The van der Waals surface area contributed by atoms with Gasteiger partial charge in [-0.05, 0) is 68.2 Å². The van der Waals surface area contributed by atoms with Gasteiger partial charge in [-0.25, -0.2) is 17.8 Å². The Bertz CT molecular complexity index is 1210. The van der Waals surface area contributed by atoms with Crippen molar-refractivity contribution >= 4 is 54.2 Å². The zero-order chi connectivity index (χ0) is 24.7. The third-order valence-corrected chi connectivity index (χ3v) is 9.21. The van der Waals surface area contributed by atoms with Crippen LogP contribution < -0.4 is 4.90 Å². The lowest BCUT2D eigenvalue weighted by Crippen LogP contribution is -2.38. The van der Waals surface area contributed by atoms with Crippen LogP contribution >= 0.6 is 23.1 Å². The van der Waals surface area contributed by atoms with E-state index in [1.165, 1.54) is 23.5 Å². The van der Waals surface area contributed by atoms with Gasteiger partial charge in [0.1, 0.15) is 5.82 Å². The Kier molecular flexibility index (Phi) is 9.47. The van der Waals surface area contributed by atoms with Gasteiger partial charge < -0.3 is 4.90 Å². The highest BCUT2D eigenvalue weighted by atomic mass is 32.2. The van der Waals surface area contributed by atoms with Crippen LogP contribution in [-0.2, 0) is 14.6 Å². The van der Waals surface area contributed by atoms with Gasteiger partial charge in [0.05, 0.1) is 20.9 Å². The number of carbonyl (C=O) groups is 1. The molecule has 10 heteroatoms. The summed E-state index contributed by atoms with van der Waals surface area (Å²) in [5.41, 5.74) is 0.845. The topological polar surface area (TPSA) is 70.6 Å². The second-order valence-electron chi connectivity index (χ2n) is 7.78. The van der Waals surface area contributed by atoms with Crippen molar-refractivity contribution in [2.24, 2.45) is 0 Å². The summed E-state index contributed by atoms with van der Waals surface area (Å²) in [6.45, 7) is 7.12. The van der Waals surface area contributed by atoms with Gasteiger partial charge in [0.2, 0.25) is 5.91 Å². The van der Waals surface area contributed by atoms with E-state index in [9.17, 15) is 17.6 Å². The van der Waals surface area contributed by atoms with E-state index >= 15 is 0 Å². The number of sulfone groups is 1. The van der Waals surface area contributed by atoms with Crippen molar-refractivity contribution in [2.75, 3.05) is 43.1 Å². The monoisotopic (exact) mass is 523 g/mol. The summed E-state index contributed by atoms with van der Waals surface area (Å²) in [5, 5.41) is 0.631. The number of likely N-dealkylation sites (N-methyl/N-ethyl adjacent to an activating group) is 1. The third kappa shape index (κ3) is 6.78. The normalized spacial score (nSPS) is 11.9. The SMILES string of the molecule is CCN(CC)CCN(C(=O)CCCS(=O)(=O)c1ccc(F)cc1)c1nc2ccc(SC)cc2s1. The van der Waals surface area contributed by atoms with Crippen molar-refractivity contribution in [1.29, 1.82) is 0 Å². The van der Waals surface area contributed by atoms with Crippen LogP contribution in [0, 0.1) is 5.82 Å². The highest BCUT2D eigenvalue weighted by molar-refractivity contribution is 7.98. The first-order valence-corrected chi connectivity index (χ1v) is 14.9. The molecule has 0 aliphatic carbocycles. The quantitative estimate of drug-likeness (QED) is 0.243. The maximum absolute atomic E-state index is 13.2. The van der Waals surface area contributed by atoms with Crippen molar-refractivity contribution < 1.29 is 17.6 Å². The largest absolute Gasteiger partial charge is 0.302 e. The molecular weight excluding hydrogens is 493 g/mol. The summed E-state index contributed by atoms with van der Waals surface area (Å²) in [6, 6.07) is 10.8. The number of anilines is 1. The molecule has 0 aliphatic heterocycles. The highest BCUT2D eigenvalue weighted by Gasteiger charge is 2.22. The van der Waals surface area contributed by atoms with Crippen LogP contribution in [0.2, 0.25) is 0 Å². The van der Waals surface area contributed by atoms with Crippen LogP contribution in [0.5, 0.6) is 0 Å². The lowest BCUT2D eigenvalue weighted by molar-refractivity contribution is -0.118. The van der Waals surface area contributed by atoms with Gasteiger partial charge in [-0.2, -0.15) is 0 Å². The molecule has 0 saturated carbocycles. The van der Waals surface area contributed by atoms with Gasteiger partial charge >= 0.3 is 0 Å². The number of aromatic nitrogens is 1. The van der Waals surface area contributed by atoms with E-state index in [2.05, 4.69) is 24.8 Å². The van der Waals surface area contributed by atoms with E-state index in [0.29, 0.717) is 18.2 Å². The molecule has 1 heterocycles. The Morgan fingerprint density at radius 3 is 2.44 bits per heavy atom. The fourth-order valence-corrected chi connectivity index (χ4v) is 6.43. The standard InChI is InChI=1S/C24H30FN3O3S3/c1-4-27(5-2)14-15-28(24-26-21-13-10-19(32-3)17-22(21)33-24)23(29)7-6-16-34(30,31)20-11-8-18(25)9-12-20/h8-13,17H,4-7,14-16H2,1-3H3. The number of benzene rings is 2. The molecule has 2 aromatic carbocycles. The van der Waals surface area contributed by atoms with E-state index in [-0.39, 0.29) is 29.4 Å². The first kappa shape index (κ1) is 26.6. The number of amides is 1. The molecule has 0 saturated heterocycles. The van der Waals surface area contributed by atoms with Crippen molar-refractivity contribution in [1.82, 2.24) is 9.88 Å². The predicted molar refractivity (Wildman–Crippen MR) is 139 cm³/mol. The van der Waals surface area contributed by atoms with Gasteiger partial charge in [-0.3, -0.25) is 9.69 Å². The molecule has 0 spiro atoms. The molecule has 0 fully saturated rings. The summed E-state index contributed by atoms with van der Waals surface area (Å²) in [7, 11) is -3.59. The van der Waals surface area contributed by atoms with E-state index in [0.717, 1.165) is 40.3 Å². The van der Waals surface area contributed by atoms with Crippen molar-refractivity contribution in [3.05, 3.63) is 48.3 Å². The molecule has 184 valence electrons. The number of hydrogen-bond acceptors (Lipinski definition) is 7. The smallest absolute Gasteiger partial charge is 0.228 e. The van der Waals surface area contributed by atoms with Crippen molar-refractivity contribution in [3.63, 3.8) is 0 Å². The van der Waals surface area contributed by atoms with E-state index < -0.39 is 15.7 Å². The minimum absolute atomic E-state index is 0.0653. The molecule has 34 heavy (non-hydrogen) atoms.